The lowest BCUT2D eigenvalue weighted by molar-refractivity contribution is -0.130. The SMILES string of the molecule is CCOc1ccccc1[C@H]1CC(c2ccc(C)cc2)=NN1C(C)=O. The highest BCUT2D eigenvalue weighted by Gasteiger charge is 2.33. The summed E-state index contributed by atoms with van der Waals surface area (Å²) in [5.74, 6) is 0.755. The van der Waals surface area contributed by atoms with Gasteiger partial charge in [0.2, 0.25) is 5.91 Å². The molecule has 4 heteroatoms. The highest BCUT2D eigenvalue weighted by molar-refractivity contribution is 6.03. The van der Waals surface area contributed by atoms with Gasteiger partial charge in [0, 0.05) is 18.9 Å². The zero-order valence-corrected chi connectivity index (χ0v) is 14.3. The predicted octanol–water partition coefficient (Wildman–Crippen LogP) is 4.09. The van der Waals surface area contributed by atoms with E-state index in [4.69, 9.17) is 4.74 Å². The summed E-state index contributed by atoms with van der Waals surface area (Å²) in [6.45, 7) is 6.17. The van der Waals surface area contributed by atoms with E-state index in [1.165, 1.54) is 5.56 Å². The van der Waals surface area contributed by atoms with Crippen molar-refractivity contribution in [1.82, 2.24) is 5.01 Å². The maximum absolute atomic E-state index is 12.1. The fourth-order valence-electron chi connectivity index (χ4n) is 3.01. The van der Waals surface area contributed by atoms with Crippen LogP contribution in [0.25, 0.3) is 0 Å². The number of rotatable bonds is 4. The fraction of sp³-hybridized carbons (Fsp3) is 0.300. The number of para-hydroxylation sites is 1. The van der Waals surface area contributed by atoms with E-state index in [2.05, 4.69) is 36.3 Å². The van der Waals surface area contributed by atoms with E-state index in [0.29, 0.717) is 13.0 Å². The Hall–Kier alpha value is -2.62. The Balaban J connectivity index is 1.95. The lowest BCUT2D eigenvalue weighted by Gasteiger charge is -2.22. The van der Waals surface area contributed by atoms with Gasteiger partial charge in [-0.05, 0) is 25.5 Å². The van der Waals surface area contributed by atoms with Crippen LogP contribution in [0.15, 0.2) is 53.6 Å². The normalized spacial score (nSPS) is 16.9. The van der Waals surface area contributed by atoms with E-state index in [0.717, 1.165) is 22.6 Å². The molecule has 1 amide bonds. The molecule has 0 saturated heterocycles. The summed E-state index contributed by atoms with van der Waals surface area (Å²) in [4.78, 5) is 12.1. The maximum Gasteiger partial charge on any atom is 0.240 e. The van der Waals surface area contributed by atoms with E-state index in [1.54, 1.807) is 11.9 Å². The quantitative estimate of drug-likeness (QED) is 0.851. The first-order valence-electron chi connectivity index (χ1n) is 8.26. The van der Waals surface area contributed by atoms with Gasteiger partial charge in [-0.3, -0.25) is 4.79 Å². The summed E-state index contributed by atoms with van der Waals surface area (Å²) >= 11 is 0. The zero-order valence-electron chi connectivity index (χ0n) is 14.3. The molecule has 0 N–H and O–H groups in total. The van der Waals surface area contributed by atoms with Gasteiger partial charge in [-0.15, -0.1) is 0 Å². The van der Waals surface area contributed by atoms with Gasteiger partial charge in [0.05, 0.1) is 18.4 Å². The first-order chi connectivity index (χ1) is 11.6. The number of carbonyl (C=O) groups excluding carboxylic acids is 1. The summed E-state index contributed by atoms with van der Waals surface area (Å²) in [6, 6.07) is 16.0. The average Bonchev–Trinajstić information content (AvgIpc) is 3.02. The van der Waals surface area contributed by atoms with Gasteiger partial charge in [0.1, 0.15) is 5.75 Å². The molecule has 1 atom stereocenters. The number of hydrogen-bond acceptors (Lipinski definition) is 3. The molecule has 3 rings (SSSR count). The van der Waals surface area contributed by atoms with Gasteiger partial charge in [-0.25, -0.2) is 5.01 Å². The second-order valence-corrected chi connectivity index (χ2v) is 5.97. The van der Waals surface area contributed by atoms with E-state index < -0.39 is 0 Å². The third kappa shape index (κ3) is 3.18. The maximum atomic E-state index is 12.1. The standard InChI is InChI=1S/C20H22N2O2/c1-4-24-20-8-6-5-7-17(20)19-13-18(21-22(19)15(3)23)16-11-9-14(2)10-12-16/h5-12,19H,4,13H2,1-3H3/t19-/m1/s1. The highest BCUT2D eigenvalue weighted by atomic mass is 16.5. The van der Waals surface area contributed by atoms with Crippen LogP contribution in [0.3, 0.4) is 0 Å². The minimum absolute atomic E-state index is 0.0617. The van der Waals surface area contributed by atoms with Crippen LogP contribution in [0.4, 0.5) is 0 Å². The van der Waals surface area contributed by atoms with Crippen molar-refractivity contribution in [3.8, 4) is 5.75 Å². The molecule has 124 valence electrons. The van der Waals surface area contributed by atoms with Crippen LogP contribution in [-0.4, -0.2) is 23.2 Å². The molecule has 0 fully saturated rings. The first-order valence-corrected chi connectivity index (χ1v) is 8.26. The summed E-state index contributed by atoms with van der Waals surface area (Å²) < 4.78 is 5.75. The molecule has 0 aromatic heterocycles. The van der Waals surface area contributed by atoms with E-state index >= 15 is 0 Å². The molecular weight excluding hydrogens is 300 g/mol. The zero-order chi connectivity index (χ0) is 17.1. The lowest BCUT2D eigenvalue weighted by atomic mass is 9.97. The third-order valence-corrected chi connectivity index (χ3v) is 4.20. The number of hydrazone groups is 1. The van der Waals surface area contributed by atoms with Crippen molar-refractivity contribution in [2.45, 2.75) is 33.2 Å². The predicted molar refractivity (Wildman–Crippen MR) is 95.2 cm³/mol. The molecule has 24 heavy (non-hydrogen) atoms. The summed E-state index contributed by atoms with van der Waals surface area (Å²) in [5, 5.41) is 6.17. The molecule has 0 spiro atoms. The van der Waals surface area contributed by atoms with E-state index in [9.17, 15) is 4.79 Å². The van der Waals surface area contributed by atoms with Crippen molar-refractivity contribution in [2.24, 2.45) is 5.10 Å². The van der Waals surface area contributed by atoms with Crippen LogP contribution < -0.4 is 4.74 Å². The van der Waals surface area contributed by atoms with Crippen LogP contribution in [0.1, 0.15) is 43.0 Å². The third-order valence-electron chi connectivity index (χ3n) is 4.20. The van der Waals surface area contributed by atoms with Crippen LogP contribution in [0.5, 0.6) is 5.75 Å². The molecule has 1 aliphatic heterocycles. The number of ether oxygens (including phenoxy) is 1. The number of benzene rings is 2. The van der Waals surface area contributed by atoms with Gasteiger partial charge >= 0.3 is 0 Å². The molecule has 1 aliphatic rings. The minimum atomic E-state index is -0.124. The van der Waals surface area contributed by atoms with Crippen molar-refractivity contribution in [1.29, 1.82) is 0 Å². The second-order valence-electron chi connectivity index (χ2n) is 5.97. The van der Waals surface area contributed by atoms with Crippen LogP contribution >= 0.6 is 0 Å². The molecule has 0 bridgehead atoms. The Kier molecular flexibility index (Phi) is 4.65. The monoisotopic (exact) mass is 322 g/mol. The number of nitrogens with zero attached hydrogens (tertiary/aromatic N) is 2. The van der Waals surface area contributed by atoms with Crippen molar-refractivity contribution in [2.75, 3.05) is 6.61 Å². The molecule has 0 unspecified atom stereocenters. The van der Waals surface area contributed by atoms with Crippen LogP contribution in [0, 0.1) is 6.92 Å². The van der Waals surface area contributed by atoms with Gasteiger partial charge < -0.3 is 4.74 Å². The Morgan fingerprint density at radius 2 is 1.92 bits per heavy atom. The average molecular weight is 322 g/mol. The summed E-state index contributed by atoms with van der Waals surface area (Å²) in [6.07, 6.45) is 0.687. The smallest absolute Gasteiger partial charge is 0.240 e. The molecule has 2 aromatic carbocycles. The van der Waals surface area contributed by atoms with Gasteiger partial charge in [-0.2, -0.15) is 5.10 Å². The largest absolute Gasteiger partial charge is 0.494 e. The minimum Gasteiger partial charge on any atom is -0.494 e. The van der Waals surface area contributed by atoms with Crippen LogP contribution in [-0.2, 0) is 4.79 Å². The molecule has 0 saturated carbocycles. The van der Waals surface area contributed by atoms with Gasteiger partial charge in [0.25, 0.3) is 0 Å². The summed E-state index contributed by atoms with van der Waals surface area (Å²) in [7, 11) is 0. The highest BCUT2D eigenvalue weighted by Crippen LogP contribution is 2.37. The molecule has 2 aromatic rings. The molecule has 0 radical (unpaired) electrons. The Bertz CT molecular complexity index is 765. The Labute approximate surface area is 142 Å². The molecule has 1 heterocycles. The van der Waals surface area contributed by atoms with Crippen LogP contribution in [0.2, 0.25) is 0 Å². The van der Waals surface area contributed by atoms with E-state index in [1.807, 2.05) is 31.2 Å². The van der Waals surface area contributed by atoms with Gasteiger partial charge in [-0.1, -0.05) is 48.0 Å². The Morgan fingerprint density at radius 3 is 2.58 bits per heavy atom. The fourth-order valence-corrected chi connectivity index (χ4v) is 3.01. The number of hydrogen-bond donors (Lipinski definition) is 0. The van der Waals surface area contributed by atoms with Crippen molar-refractivity contribution in [3.05, 3.63) is 65.2 Å². The number of aryl methyl sites for hydroxylation is 1. The number of amides is 1. The lowest BCUT2D eigenvalue weighted by Crippen LogP contribution is -2.24. The topological polar surface area (TPSA) is 41.9 Å². The second kappa shape index (κ2) is 6.87. The van der Waals surface area contributed by atoms with Gasteiger partial charge in [0.15, 0.2) is 0 Å². The van der Waals surface area contributed by atoms with Crippen molar-refractivity contribution in [3.63, 3.8) is 0 Å². The molecular formula is C20H22N2O2. The number of carbonyl (C=O) groups is 1. The summed E-state index contributed by atoms with van der Waals surface area (Å²) in [5.41, 5.74) is 4.20. The Morgan fingerprint density at radius 1 is 1.21 bits per heavy atom. The first kappa shape index (κ1) is 16.2. The molecule has 4 nitrogen and oxygen atoms in total. The molecule has 0 aliphatic carbocycles. The van der Waals surface area contributed by atoms with Crippen molar-refractivity contribution < 1.29 is 9.53 Å². The van der Waals surface area contributed by atoms with Crippen molar-refractivity contribution >= 4 is 11.6 Å². The van der Waals surface area contributed by atoms with E-state index in [-0.39, 0.29) is 11.9 Å².